The smallest absolute Gasteiger partial charge is 0.446 e. The molecule has 23 heteroatoms. The Hall–Kier alpha value is -5.50. The fraction of sp³-hybridized carbons (Fsp3) is 0.565. The summed E-state index contributed by atoms with van der Waals surface area (Å²) >= 11 is 0. The minimum atomic E-state index is -4.64. The number of halogens is 3. The third-order valence-electron chi connectivity index (χ3n) is 15.1. The Bertz CT molecular complexity index is 2850. The molecule has 0 aromatic heterocycles. The predicted molar refractivity (Wildman–Crippen MR) is 324 cm³/mol. The molecule has 4 atom stereocenters. The number of amides is 1. The van der Waals surface area contributed by atoms with Crippen LogP contribution in [0.3, 0.4) is 0 Å². The topological polar surface area (TPSA) is 194 Å². The summed E-state index contributed by atoms with van der Waals surface area (Å²) in [6.07, 6.45) is 2.20. The average molecular weight is 1240 g/mol. The number of likely N-dealkylation sites (tertiary alicyclic amines) is 2. The van der Waals surface area contributed by atoms with Gasteiger partial charge in [-0.25, -0.2) is 16.8 Å². The zero-order valence-electron chi connectivity index (χ0n) is 52.3. The number of rotatable bonds is 25. The van der Waals surface area contributed by atoms with E-state index >= 15 is 0 Å². The number of likely N-dealkylation sites (N-methyl/N-ethyl adjacent to an activating group) is 3. The summed E-state index contributed by atoms with van der Waals surface area (Å²) in [6.45, 7) is 20.3. The van der Waals surface area contributed by atoms with Gasteiger partial charge in [0.15, 0.2) is 6.79 Å². The van der Waals surface area contributed by atoms with Crippen LogP contribution in [0.1, 0.15) is 111 Å². The zero-order chi connectivity index (χ0) is 63.7. The van der Waals surface area contributed by atoms with Crippen molar-refractivity contribution in [2.45, 2.75) is 160 Å². The van der Waals surface area contributed by atoms with Gasteiger partial charge < -0.3 is 33.9 Å². The van der Waals surface area contributed by atoms with Gasteiger partial charge in [-0.05, 0) is 157 Å². The van der Waals surface area contributed by atoms with E-state index in [1.807, 2.05) is 7.05 Å². The van der Waals surface area contributed by atoms with E-state index in [2.05, 4.69) is 96.1 Å². The highest BCUT2D eigenvalue weighted by atomic mass is 32.2. The van der Waals surface area contributed by atoms with Gasteiger partial charge in [-0.15, -0.1) is 0 Å². The van der Waals surface area contributed by atoms with E-state index < -0.39 is 32.5 Å². The molecule has 85 heavy (non-hydrogen) atoms. The van der Waals surface area contributed by atoms with Crippen LogP contribution < -0.4 is 14.8 Å². The minimum Gasteiger partial charge on any atom is -0.497 e. The fourth-order valence-corrected chi connectivity index (χ4v) is 13.4. The molecule has 18 nitrogen and oxygen atoms in total. The summed E-state index contributed by atoms with van der Waals surface area (Å²) in [4.78, 5) is 38.7. The van der Waals surface area contributed by atoms with E-state index in [1.165, 1.54) is 85.0 Å². The van der Waals surface area contributed by atoms with Crippen LogP contribution in [0.15, 0.2) is 82.6 Å². The van der Waals surface area contributed by atoms with Crippen molar-refractivity contribution in [3.63, 3.8) is 0 Å². The number of sulfonamides is 2. The van der Waals surface area contributed by atoms with Crippen LogP contribution in [-0.2, 0) is 74.8 Å². The molecule has 2 aliphatic heterocycles. The second-order valence-corrected chi connectivity index (χ2v) is 25.8. The van der Waals surface area contributed by atoms with E-state index in [4.69, 9.17) is 23.7 Å². The molecule has 4 aromatic carbocycles. The molecule has 2 heterocycles. The van der Waals surface area contributed by atoms with Crippen LogP contribution in [0, 0.1) is 27.7 Å². The molecule has 476 valence electrons. The number of hydrogen-bond acceptors (Lipinski definition) is 15. The molecule has 4 aromatic rings. The third-order valence-corrected chi connectivity index (χ3v) is 19.4. The number of hydrogen-bond donors (Lipinski definition) is 1. The minimum absolute atomic E-state index is 0.103. The lowest BCUT2D eigenvalue weighted by molar-refractivity contribution is -0.156. The molecule has 1 N–H and O–H groups in total. The van der Waals surface area contributed by atoms with Crippen LogP contribution in [0.2, 0.25) is 0 Å². The summed E-state index contributed by atoms with van der Waals surface area (Å²) in [6, 6.07) is 27.0. The van der Waals surface area contributed by atoms with E-state index in [1.54, 1.807) is 71.0 Å². The number of piperidine rings is 2. The highest BCUT2D eigenvalue weighted by Gasteiger charge is 2.29. The van der Waals surface area contributed by atoms with Gasteiger partial charge in [-0.2, -0.15) is 21.8 Å². The van der Waals surface area contributed by atoms with Crippen LogP contribution in [0.5, 0.6) is 11.5 Å². The quantitative estimate of drug-likeness (QED) is 0.0374. The Morgan fingerprint density at radius 1 is 0.624 bits per heavy atom. The first-order valence-electron chi connectivity index (χ1n) is 28.6. The van der Waals surface area contributed by atoms with E-state index in [-0.39, 0.29) is 61.9 Å². The summed E-state index contributed by atoms with van der Waals surface area (Å²) < 4.78 is 111. The van der Waals surface area contributed by atoms with Crippen molar-refractivity contribution in [2.24, 2.45) is 0 Å². The lowest BCUT2D eigenvalue weighted by atomic mass is 9.96. The number of benzene rings is 4. The Morgan fingerprint density at radius 2 is 0.976 bits per heavy atom. The molecular formula is C62H93F3N6O12S2. The van der Waals surface area contributed by atoms with Crippen molar-refractivity contribution < 1.29 is 68.1 Å². The van der Waals surface area contributed by atoms with Gasteiger partial charge in [-0.1, -0.05) is 61.4 Å². The number of aryl methyl sites for hydroxylation is 4. The largest absolute Gasteiger partial charge is 0.497 e. The highest BCUT2D eigenvalue weighted by Crippen LogP contribution is 2.30. The number of methoxy groups -OCH3 is 2. The number of carbonyl (C=O) groups excluding carboxylic acids is 3. The molecule has 2 aliphatic rings. The molecular weight excluding hydrogens is 1140 g/mol. The van der Waals surface area contributed by atoms with Crippen LogP contribution >= 0.6 is 0 Å². The van der Waals surface area contributed by atoms with Crippen molar-refractivity contribution in [1.29, 1.82) is 0 Å². The van der Waals surface area contributed by atoms with Gasteiger partial charge in [0.1, 0.15) is 18.1 Å². The maximum Gasteiger partial charge on any atom is 0.446 e. The van der Waals surface area contributed by atoms with E-state index in [0.717, 1.165) is 37.3 Å². The fourth-order valence-electron chi connectivity index (χ4n) is 10.3. The Labute approximate surface area is 504 Å². The van der Waals surface area contributed by atoms with Gasteiger partial charge in [0.2, 0.25) is 32.2 Å². The predicted octanol–water partition coefficient (Wildman–Crippen LogP) is 9.37. The normalized spacial score (nSPS) is 17.5. The standard InChI is InChI=1S/C30H45N3O5S.C16H26N2.C14H21NO6S.C2HF3O/c1-22-17-28(37-7)18-23(2)30(22)39(35,36)32(6)15-16-38-21-29(34)31(5)19-26-11-13-27(14-12-26)20-33-24(3)9-8-10-25(33)4;1-13-5-4-6-14(2)18(13)12-16-9-7-15(8-10-16)11-17-3;1-11-7-13(19-4)8-12(2)14(11)22(17,18)15(3)5-6-20-10-21-9-16;3-2(4,5)1-6/h11-14,17-18,24-25H,8-10,15-16,19-21H2,1-7H3;7-10,13-14,17H,4-6,11-12H2,1-3H3;7-9H,5-6,10H2,1-4H3;1H/t24-,25+;13-,14+;;. The molecule has 0 saturated carbocycles. The molecule has 1 amide bonds. The number of alkyl halides is 3. The summed E-state index contributed by atoms with van der Waals surface area (Å²) in [5, 5.41) is 3.19. The maximum atomic E-state index is 13.1. The van der Waals surface area contributed by atoms with Crippen LogP contribution in [0.25, 0.3) is 0 Å². The SMILES string of the molecule is CNCc1ccc(CN2[C@H](C)CCC[C@@H]2C)cc1.COc1cc(C)c(S(=O)(=O)N(C)CCOCC(=O)N(C)Cc2ccc(CN3[C@H](C)CCC[C@@H]3C)cc2)c(C)c1.COc1cc(C)c(S(=O)(=O)N(C)CCOCOC=O)c(C)c1.O=CC(F)(F)F. The molecule has 6 rings (SSSR count). The average Bonchev–Trinajstić information content (AvgIpc) is 3.36. The van der Waals surface area contributed by atoms with Crippen molar-refractivity contribution in [1.82, 2.24) is 28.6 Å². The molecule has 2 fully saturated rings. The molecule has 0 radical (unpaired) electrons. The van der Waals surface area contributed by atoms with Crippen molar-refractivity contribution in [3.8, 4) is 11.5 Å². The van der Waals surface area contributed by atoms with Crippen molar-refractivity contribution in [3.05, 3.63) is 117 Å². The lowest BCUT2D eigenvalue weighted by Gasteiger charge is -2.39. The summed E-state index contributed by atoms with van der Waals surface area (Å²) in [5.74, 6) is 1.09. The van der Waals surface area contributed by atoms with Gasteiger partial charge in [0.25, 0.3) is 6.47 Å². The first kappa shape index (κ1) is 73.8. The van der Waals surface area contributed by atoms with Gasteiger partial charge in [-0.3, -0.25) is 24.2 Å². The van der Waals surface area contributed by atoms with E-state index in [9.17, 15) is 39.6 Å². The summed E-state index contributed by atoms with van der Waals surface area (Å²) in [7, 11) is 2.49. The zero-order valence-corrected chi connectivity index (χ0v) is 53.9. The monoisotopic (exact) mass is 1230 g/mol. The number of aldehydes is 1. The lowest BCUT2D eigenvalue weighted by Crippen LogP contribution is -2.42. The molecule has 2 saturated heterocycles. The number of nitrogens with zero attached hydrogens (tertiary/aromatic N) is 5. The first-order chi connectivity index (χ1) is 40.0. The molecule has 0 aliphatic carbocycles. The Balaban J connectivity index is 0.000000345. The Morgan fingerprint density at radius 3 is 1.32 bits per heavy atom. The maximum absolute atomic E-state index is 13.1. The van der Waals surface area contributed by atoms with E-state index in [0.29, 0.717) is 52.4 Å². The van der Waals surface area contributed by atoms with Gasteiger partial charge in [0.05, 0.1) is 37.2 Å². The number of ether oxygens (including phenoxy) is 5. The molecule has 0 unspecified atom stereocenters. The van der Waals surface area contributed by atoms with Crippen LogP contribution in [0.4, 0.5) is 13.2 Å². The highest BCUT2D eigenvalue weighted by molar-refractivity contribution is 7.89. The molecule has 0 spiro atoms. The van der Waals surface area contributed by atoms with Gasteiger partial charge >= 0.3 is 6.18 Å². The molecule has 0 bridgehead atoms. The second kappa shape index (κ2) is 36.0. The second-order valence-electron chi connectivity index (χ2n) is 21.9. The van der Waals surface area contributed by atoms with Crippen molar-refractivity contribution in [2.75, 3.05) is 82.1 Å². The number of nitrogens with one attached hydrogen (secondary N) is 1. The third kappa shape index (κ3) is 23.9. The summed E-state index contributed by atoms with van der Waals surface area (Å²) in [5.41, 5.74) is 7.64. The Kier molecular flexibility index (Phi) is 31.2. The van der Waals surface area contributed by atoms with Crippen molar-refractivity contribution >= 4 is 38.7 Å². The first-order valence-corrected chi connectivity index (χ1v) is 31.5. The van der Waals surface area contributed by atoms with Crippen LogP contribution in [-0.4, -0.2) is 171 Å². The number of carbonyl (C=O) groups is 3. The van der Waals surface area contributed by atoms with Gasteiger partial charge in [0, 0.05) is 84.6 Å².